The Kier molecular flexibility index (Phi) is 5.90. The number of allylic oxidation sites excluding steroid dienone is 4. The predicted octanol–water partition coefficient (Wildman–Crippen LogP) is 1.97. The third-order valence-electron chi connectivity index (χ3n) is 9.02. The molecule has 3 saturated carbocycles. The zero-order chi connectivity index (χ0) is 24.2. The Balaban J connectivity index is 1.53. The Morgan fingerprint density at radius 3 is 2.61 bits per heavy atom. The summed E-state index contributed by atoms with van der Waals surface area (Å²) in [4.78, 5) is 47.4. The Morgan fingerprint density at radius 2 is 1.91 bits per heavy atom. The summed E-state index contributed by atoms with van der Waals surface area (Å²) in [5.41, 5.74) is -1.99. The van der Waals surface area contributed by atoms with Crippen LogP contribution in [-0.2, 0) is 23.9 Å². The van der Waals surface area contributed by atoms with Crippen molar-refractivity contribution in [3.8, 4) is 0 Å². The molecule has 180 valence electrons. The predicted molar refractivity (Wildman–Crippen MR) is 116 cm³/mol. The minimum absolute atomic E-state index is 0.00645. The number of Topliss-reactive ketones (excluding diaryl/α,β-unsaturated/α-hetero) is 1. The van der Waals surface area contributed by atoms with Gasteiger partial charge in [-0.1, -0.05) is 25.5 Å². The van der Waals surface area contributed by atoms with Gasteiger partial charge in [-0.3, -0.25) is 19.2 Å². The lowest BCUT2D eigenvalue weighted by Crippen LogP contribution is -2.61. The van der Waals surface area contributed by atoms with Crippen molar-refractivity contribution in [2.45, 2.75) is 70.5 Å². The molecule has 0 aliphatic heterocycles. The topological polar surface area (TPSA) is 138 Å². The highest BCUT2D eigenvalue weighted by atomic mass is 16.5. The first kappa shape index (κ1) is 23.8. The number of rotatable bonds is 6. The fraction of sp³-hybridized carbons (Fsp3) is 0.680. The summed E-state index contributed by atoms with van der Waals surface area (Å²) in [6.07, 6.45) is 6.27. The number of ether oxygens (including phenoxy) is 1. The van der Waals surface area contributed by atoms with Crippen LogP contribution in [0.5, 0.6) is 0 Å². The molecular weight excluding hydrogens is 428 g/mol. The molecular formula is C25H32O8. The number of carbonyl (C=O) groups excluding carboxylic acids is 3. The molecule has 33 heavy (non-hydrogen) atoms. The van der Waals surface area contributed by atoms with Gasteiger partial charge in [-0.15, -0.1) is 0 Å². The number of esters is 1. The van der Waals surface area contributed by atoms with E-state index in [1.54, 1.807) is 12.2 Å². The number of carboxylic acid groups (broad SMARTS) is 1. The normalized spacial score (nSPS) is 41.5. The Bertz CT molecular complexity index is 950. The second-order valence-corrected chi connectivity index (χ2v) is 10.6. The Labute approximate surface area is 192 Å². The fourth-order valence-electron chi connectivity index (χ4n) is 7.34. The molecule has 3 fully saturated rings. The van der Waals surface area contributed by atoms with E-state index in [0.717, 1.165) is 18.4 Å². The average Bonchev–Trinajstić information content (AvgIpc) is 3.02. The van der Waals surface area contributed by atoms with Crippen LogP contribution in [0.2, 0.25) is 0 Å². The van der Waals surface area contributed by atoms with Crippen LogP contribution in [0.1, 0.15) is 58.8 Å². The van der Waals surface area contributed by atoms with E-state index in [1.807, 2.05) is 13.0 Å². The second-order valence-electron chi connectivity index (χ2n) is 10.6. The quantitative estimate of drug-likeness (QED) is 0.512. The number of ketones is 2. The van der Waals surface area contributed by atoms with Gasteiger partial charge in [0.05, 0.1) is 18.9 Å². The smallest absolute Gasteiger partial charge is 0.306 e. The van der Waals surface area contributed by atoms with E-state index in [0.29, 0.717) is 6.42 Å². The van der Waals surface area contributed by atoms with Gasteiger partial charge >= 0.3 is 11.9 Å². The number of carbonyl (C=O) groups is 4. The van der Waals surface area contributed by atoms with Gasteiger partial charge in [0.1, 0.15) is 5.60 Å². The fourth-order valence-corrected chi connectivity index (χ4v) is 7.34. The van der Waals surface area contributed by atoms with Crippen LogP contribution in [0.15, 0.2) is 23.8 Å². The van der Waals surface area contributed by atoms with E-state index in [1.165, 1.54) is 0 Å². The summed E-state index contributed by atoms with van der Waals surface area (Å²) >= 11 is 0. The van der Waals surface area contributed by atoms with E-state index in [-0.39, 0.29) is 49.2 Å². The lowest BCUT2D eigenvalue weighted by Gasteiger charge is -2.59. The standard InChI is InChI=1S/C25H32O8/c1-23-9-7-15(26)11-14(23)3-4-16-17-8-10-25(32,24(17,2)12-18(27)22(16)23)19(28)13-33-21(31)6-5-20(29)30/h7,9,11,16-18,22,27,32H,3-6,8,10,12-13H2,1-2H3,(H,29,30)/t16-,17+,18?,22-,23-,24-,25-/m0/s1. The number of aliphatic carboxylic acids is 1. The van der Waals surface area contributed by atoms with Crippen molar-refractivity contribution in [1.82, 2.24) is 0 Å². The van der Waals surface area contributed by atoms with Gasteiger partial charge in [0.25, 0.3) is 0 Å². The van der Waals surface area contributed by atoms with Crippen molar-refractivity contribution in [1.29, 1.82) is 0 Å². The van der Waals surface area contributed by atoms with Crippen LogP contribution in [-0.4, -0.2) is 57.1 Å². The summed E-state index contributed by atoms with van der Waals surface area (Å²) in [5, 5.41) is 31.6. The molecule has 3 N–H and O–H groups in total. The highest BCUT2D eigenvalue weighted by Crippen LogP contribution is 2.67. The monoisotopic (exact) mass is 460 g/mol. The van der Waals surface area contributed by atoms with Crippen molar-refractivity contribution < 1.29 is 39.2 Å². The molecule has 0 saturated heterocycles. The SMILES string of the molecule is C[C@]12C=CC(=O)C=C1CC[C@@H]1[C@H]2C(O)C[C@@]2(C)[C@@H]1CC[C@]2(O)C(=O)COC(=O)CCC(=O)O. The lowest BCUT2D eigenvalue weighted by atomic mass is 9.46. The first-order valence-corrected chi connectivity index (χ1v) is 11.7. The zero-order valence-electron chi connectivity index (χ0n) is 19.1. The number of fused-ring (bicyclic) bond motifs is 5. The maximum absolute atomic E-state index is 13.1. The molecule has 0 bridgehead atoms. The van der Waals surface area contributed by atoms with Crippen molar-refractivity contribution in [3.05, 3.63) is 23.8 Å². The molecule has 0 spiro atoms. The third-order valence-corrected chi connectivity index (χ3v) is 9.02. The molecule has 4 aliphatic rings. The van der Waals surface area contributed by atoms with Crippen LogP contribution in [0.3, 0.4) is 0 Å². The van der Waals surface area contributed by atoms with Crippen molar-refractivity contribution >= 4 is 23.5 Å². The van der Waals surface area contributed by atoms with Crippen molar-refractivity contribution in [2.75, 3.05) is 6.61 Å². The van der Waals surface area contributed by atoms with E-state index >= 15 is 0 Å². The average molecular weight is 461 g/mol. The minimum Gasteiger partial charge on any atom is -0.481 e. The molecule has 8 heteroatoms. The second kappa shape index (κ2) is 8.17. The summed E-state index contributed by atoms with van der Waals surface area (Å²) in [5.74, 6) is -2.58. The van der Waals surface area contributed by atoms with Crippen molar-refractivity contribution in [2.24, 2.45) is 28.6 Å². The van der Waals surface area contributed by atoms with Gasteiger partial charge in [0, 0.05) is 16.7 Å². The number of hydrogen-bond acceptors (Lipinski definition) is 7. The van der Waals surface area contributed by atoms with Crippen molar-refractivity contribution in [3.63, 3.8) is 0 Å². The Hall–Kier alpha value is -2.32. The van der Waals surface area contributed by atoms with Crippen LogP contribution in [0.25, 0.3) is 0 Å². The zero-order valence-corrected chi connectivity index (χ0v) is 19.1. The lowest BCUT2D eigenvalue weighted by molar-refractivity contribution is -0.181. The summed E-state index contributed by atoms with van der Waals surface area (Å²) in [6.45, 7) is 3.30. The number of aliphatic hydroxyl groups excluding tert-OH is 1. The highest BCUT2D eigenvalue weighted by Gasteiger charge is 2.68. The van der Waals surface area contributed by atoms with Crippen LogP contribution in [0, 0.1) is 28.6 Å². The van der Waals surface area contributed by atoms with E-state index in [4.69, 9.17) is 9.84 Å². The van der Waals surface area contributed by atoms with E-state index in [2.05, 4.69) is 6.92 Å². The van der Waals surface area contributed by atoms with Crippen LogP contribution < -0.4 is 0 Å². The molecule has 8 nitrogen and oxygen atoms in total. The molecule has 1 unspecified atom stereocenters. The van der Waals surface area contributed by atoms with Gasteiger partial charge in [0.2, 0.25) is 5.78 Å². The summed E-state index contributed by atoms with van der Waals surface area (Å²) in [6, 6.07) is 0. The third kappa shape index (κ3) is 3.67. The molecule has 0 aromatic heterocycles. The Morgan fingerprint density at radius 1 is 1.18 bits per heavy atom. The van der Waals surface area contributed by atoms with E-state index < -0.39 is 46.9 Å². The molecule has 7 atom stereocenters. The molecule has 0 radical (unpaired) electrons. The van der Waals surface area contributed by atoms with Gasteiger partial charge in [-0.05, 0) is 56.1 Å². The summed E-state index contributed by atoms with van der Waals surface area (Å²) < 4.78 is 4.96. The van der Waals surface area contributed by atoms with Crippen LogP contribution in [0.4, 0.5) is 0 Å². The first-order chi connectivity index (χ1) is 15.4. The molecule has 4 aliphatic carbocycles. The largest absolute Gasteiger partial charge is 0.481 e. The van der Waals surface area contributed by atoms with Gasteiger partial charge < -0.3 is 20.1 Å². The maximum Gasteiger partial charge on any atom is 0.306 e. The number of aliphatic hydroxyl groups is 2. The molecule has 0 heterocycles. The molecule has 0 aromatic carbocycles. The summed E-state index contributed by atoms with van der Waals surface area (Å²) in [7, 11) is 0. The highest BCUT2D eigenvalue weighted by molar-refractivity contribution is 6.01. The molecule has 0 aromatic rings. The number of carboxylic acids is 1. The minimum atomic E-state index is -1.73. The molecule has 4 rings (SSSR count). The van der Waals surface area contributed by atoms with Gasteiger partial charge in [0.15, 0.2) is 12.4 Å². The molecule has 0 amide bonds. The number of hydrogen-bond donors (Lipinski definition) is 3. The van der Waals surface area contributed by atoms with Gasteiger partial charge in [-0.25, -0.2) is 0 Å². The first-order valence-electron chi connectivity index (χ1n) is 11.7. The van der Waals surface area contributed by atoms with E-state index in [9.17, 15) is 29.4 Å². The van der Waals surface area contributed by atoms with Crippen LogP contribution >= 0.6 is 0 Å². The van der Waals surface area contributed by atoms with Gasteiger partial charge in [-0.2, -0.15) is 0 Å². The maximum atomic E-state index is 13.1.